The van der Waals surface area contributed by atoms with Crippen LogP contribution in [0.25, 0.3) is 0 Å². The fraction of sp³-hybridized carbons (Fsp3) is 0.741. The van der Waals surface area contributed by atoms with Crippen molar-refractivity contribution in [2.24, 2.45) is 0 Å². The number of rotatable bonds is 22. The van der Waals surface area contributed by atoms with E-state index in [0.717, 1.165) is 30.6 Å². The van der Waals surface area contributed by atoms with Gasteiger partial charge in [0.25, 0.3) is 0 Å². The first kappa shape index (κ1) is 40.9. The van der Waals surface area contributed by atoms with E-state index in [9.17, 15) is 45.6 Å². The number of halogens is 1. The molecule has 1 rings (SSSR count). The molecule has 0 saturated heterocycles. The lowest BCUT2D eigenvalue weighted by molar-refractivity contribution is -0.130. The van der Waals surface area contributed by atoms with Gasteiger partial charge in [-0.15, -0.1) is 12.4 Å². The molecule has 10 N–H and O–H groups in total. The minimum Gasteiger partial charge on any atom is -0.494 e. The standard InChI is InChI=1S/C27H47NO12S.ClH/c1-17(31)41-16-18-6-8-19(9-7-18)40-11-5-3-2-4-10-28(12-20(32)24(36)26(38)22(34)14-29)13-21(33)25(37)27(39)23(35)15-30;/h6-9,20-27,29-30,32-39H,2-5,10-16H2,1H3;1H/t20-,21-,22+,23+,24+,25+,26+,27+;/m0./s1. The number of aliphatic hydroxyl groups is 10. The fourth-order valence-electron chi connectivity index (χ4n) is 3.98. The molecule has 0 unspecified atom stereocenters. The van der Waals surface area contributed by atoms with Gasteiger partial charge >= 0.3 is 0 Å². The quantitative estimate of drug-likeness (QED) is 0.0615. The molecule has 13 nitrogen and oxygen atoms in total. The summed E-state index contributed by atoms with van der Waals surface area (Å²) in [4.78, 5) is 12.6. The number of hydrogen-bond acceptors (Lipinski definition) is 14. The van der Waals surface area contributed by atoms with Gasteiger partial charge in [0.05, 0.1) is 32.0 Å². The van der Waals surface area contributed by atoms with Gasteiger partial charge in [0, 0.05) is 25.8 Å². The highest BCUT2D eigenvalue weighted by atomic mass is 35.5. The molecule has 246 valence electrons. The van der Waals surface area contributed by atoms with Gasteiger partial charge in [0.1, 0.15) is 42.4 Å². The van der Waals surface area contributed by atoms with E-state index >= 15 is 0 Å². The minimum absolute atomic E-state index is 0. The maximum absolute atomic E-state index is 11.1. The van der Waals surface area contributed by atoms with Crippen LogP contribution >= 0.6 is 24.2 Å². The van der Waals surface area contributed by atoms with E-state index in [1.807, 2.05) is 24.3 Å². The van der Waals surface area contributed by atoms with Crippen molar-refractivity contribution in [2.45, 2.75) is 87.2 Å². The number of ether oxygens (including phenoxy) is 1. The average Bonchev–Trinajstić information content (AvgIpc) is 2.97. The lowest BCUT2D eigenvalue weighted by Crippen LogP contribution is -2.53. The number of benzene rings is 1. The van der Waals surface area contributed by atoms with Crippen molar-refractivity contribution in [3.8, 4) is 5.75 Å². The summed E-state index contributed by atoms with van der Waals surface area (Å²) in [6, 6.07) is 7.51. The molecule has 0 aliphatic rings. The number of carbonyl (C=O) groups excluding carboxylic acids is 1. The maximum Gasteiger partial charge on any atom is 0.186 e. The van der Waals surface area contributed by atoms with E-state index in [2.05, 4.69) is 0 Å². The molecule has 0 amide bonds. The zero-order chi connectivity index (χ0) is 30.9. The van der Waals surface area contributed by atoms with Crippen LogP contribution in [0.2, 0.25) is 0 Å². The van der Waals surface area contributed by atoms with Crippen molar-refractivity contribution >= 4 is 29.3 Å². The summed E-state index contributed by atoms with van der Waals surface area (Å²) in [6.45, 7) is 0.0477. The fourth-order valence-corrected chi connectivity index (χ4v) is 4.54. The summed E-state index contributed by atoms with van der Waals surface area (Å²) >= 11 is 1.24. The number of thioether (sulfide) groups is 1. The molecule has 0 bridgehead atoms. The zero-order valence-electron chi connectivity index (χ0n) is 23.8. The lowest BCUT2D eigenvalue weighted by Gasteiger charge is -2.33. The van der Waals surface area contributed by atoms with Gasteiger partial charge in [0.2, 0.25) is 0 Å². The summed E-state index contributed by atoms with van der Waals surface area (Å²) in [7, 11) is 0. The first-order valence-corrected chi connectivity index (χ1v) is 14.6. The molecule has 0 radical (unpaired) electrons. The van der Waals surface area contributed by atoms with E-state index in [1.165, 1.54) is 23.6 Å². The van der Waals surface area contributed by atoms with Crippen LogP contribution in [0.15, 0.2) is 24.3 Å². The molecule has 0 aliphatic carbocycles. The molecule has 42 heavy (non-hydrogen) atoms. The van der Waals surface area contributed by atoms with Gasteiger partial charge in [-0.3, -0.25) is 9.69 Å². The molecule has 0 saturated carbocycles. The molecule has 15 heteroatoms. The lowest BCUT2D eigenvalue weighted by atomic mass is 10.0. The largest absolute Gasteiger partial charge is 0.494 e. The molecule has 1 aromatic carbocycles. The van der Waals surface area contributed by atoms with Crippen LogP contribution in [0.3, 0.4) is 0 Å². The van der Waals surface area contributed by atoms with Crippen molar-refractivity contribution in [3.63, 3.8) is 0 Å². The Kier molecular flexibility index (Phi) is 21.8. The summed E-state index contributed by atoms with van der Waals surface area (Å²) in [5.74, 6) is 1.32. The molecule has 0 spiro atoms. The van der Waals surface area contributed by atoms with Crippen molar-refractivity contribution < 1.29 is 60.6 Å². The van der Waals surface area contributed by atoms with E-state index in [-0.39, 0.29) is 37.2 Å². The first-order chi connectivity index (χ1) is 19.4. The molecular weight excluding hydrogens is 598 g/mol. The van der Waals surface area contributed by atoms with E-state index < -0.39 is 62.0 Å². The second kappa shape index (κ2) is 22.4. The monoisotopic (exact) mass is 645 g/mol. The Bertz CT molecular complexity index is 812. The molecule has 0 aliphatic heterocycles. The molecule has 8 atom stereocenters. The summed E-state index contributed by atoms with van der Waals surface area (Å²) < 4.78 is 5.74. The minimum atomic E-state index is -1.83. The predicted octanol–water partition coefficient (Wildman–Crippen LogP) is -2.00. The van der Waals surface area contributed by atoms with Crippen molar-refractivity contribution in [1.82, 2.24) is 4.90 Å². The van der Waals surface area contributed by atoms with Crippen molar-refractivity contribution in [3.05, 3.63) is 29.8 Å². The van der Waals surface area contributed by atoms with Crippen LogP contribution < -0.4 is 4.74 Å². The van der Waals surface area contributed by atoms with Crippen LogP contribution in [0, 0.1) is 0 Å². The normalized spacial score (nSPS) is 17.4. The highest BCUT2D eigenvalue weighted by molar-refractivity contribution is 8.12. The highest BCUT2D eigenvalue weighted by Crippen LogP contribution is 2.18. The summed E-state index contributed by atoms with van der Waals surface area (Å²) in [6.07, 6.45) is -11.0. The number of nitrogens with zero attached hydrogens (tertiary/aromatic N) is 1. The topological polar surface area (TPSA) is 232 Å². The van der Waals surface area contributed by atoms with Gasteiger partial charge in [-0.05, 0) is 37.1 Å². The summed E-state index contributed by atoms with van der Waals surface area (Å²) in [5.41, 5.74) is 1.02. The van der Waals surface area contributed by atoms with Crippen LogP contribution in [-0.4, -0.2) is 149 Å². The van der Waals surface area contributed by atoms with Crippen LogP contribution in [-0.2, 0) is 10.5 Å². The van der Waals surface area contributed by atoms with Gasteiger partial charge in [-0.1, -0.05) is 36.7 Å². The Hall–Kier alpha value is -1.11. The third-order valence-electron chi connectivity index (χ3n) is 6.54. The number of hydrogen-bond donors (Lipinski definition) is 10. The van der Waals surface area contributed by atoms with Crippen LogP contribution in [0.5, 0.6) is 5.75 Å². The smallest absolute Gasteiger partial charge is 0.186 e. The Morgan fingerprint density at radius 2 is 1.19 bits per heavy atom. The Labute approximate surface area is 256 Å². The zero-order valence-corrected chi connectivity index (χ0v) is 25.4. The molecule has 1 aromatic rings. The maximum atomic E-state index is 11.1. The Morgan fingerprint density at radius 3 is 1.64 bits per heavy atom. The van der Waals surface area contributed by atoms with Gasteiger partial charge < -0.3 is 55.8 Å². The Balaban J connectivity index is 0.0000168. The van der Waals surface area contributed by atoms with Crippen LogP contribution in [0.1, 0.15) is 38.2 Å². The van der Waals surface area contributed by atoms with Crippen molar-refractivity contribution in [2.75, 3.05) is 39.5 Å². The first-order valence-electron chi connectivity index (χ1n) is 13.6. The van der Waals surface area contributed by atoms with E-state index in [1.54, 1.807) is 0 Å². The second-order valence-electron chi connectivity index (χ2n) is 10.0. The average molecular weight is 646 g/mol. The number of aliphatic hydroxyl groups excluding tert-OH is 10. The van der Waals surface area contributed by atoms with E-state index in [0.29, 0.717) is 18.8 Å². The number of carbonyl (C=O) groups is 1. The highest BCUT2D eigenvalue weighted by Gasteiger charge is 2.34. The third-order valence-corrected chi connectivity index (χ3v) is 7.43. The van der Waals surface area contributed by atoms with Crippen LogP contribution in [0.4, 0.5) is 0 Å². The van der Waals surface area contributed by atoms with Gasteiger partial charge in [0.15, 0.2) is 5.12 Å². The Morgan fingerprint density at radius 1 is 0.738 bits per heavy atom. The third kappa shape index (κ3) is 15.6. The van der Waals surface area contributed by atoms with Gasteiger partial charge in [-0.2, -0.15) is 0 Å². The predicted molar refractivity (Wildman–Crippen MR) is 158 cm³/mol. The molecule has 0 fully saturated rings. The van der Waals surface area contributed by atoms with E-state index in [4.69, 9.17) is 14.9 Å². The molecular formula is C27H48ClNO12S. The molecule has 0 heterocycles. The SMILES string of the molecule is CC(=O)SCc1ccc(OCCCCCCN(C[C@H](O)[C@@H](O)[C@H](O)[C@H](O)CO)C[C@H](O)[C@@H](O)[C@H](O)[C@H](O)CO)cc1.Cl. The van der Waals surface area contributed by atoms with Gasteiger partial charge in [-0.25, -0.2) is 0 Å². The summed E-state index contributed by atoms with van der Waals surface area (Å²) in [5, 5.41) is 98.0. The number of unbranched alkanes of at least 4 members (excludes halogenated alkanes) is 3. The second-order valence-corrected chi connectivity index (χ2v) is 11.2. The molecule has 0 aromatic heterocycles. The van der Waals surface area contributed by atoms with Crippen molar-refractivity contribution in [1.29, 1.82) is 0 Å².